The first kappa shape index (κ1) is 22.3. The van der Waals surface area contributed by atoms with Crippen molar-refractivity contribution in [2.75, 3.05) is 31.4 Å². The third-order valence-corrected chi connectivity index (χ3v) is 4.08. The lowest BCUT2D eigenvalue weighted by Gasteiger charge is -2.10. The van der Waals surface area contributed by atoms with E-state index >= 15 is 0 Å². The van der Waals surface area contributed by atoms with Crippen molar-refractivity contribution >= 4 is 23.2 Å². The van der Waals surface area contributed by atoms with Crippen molar-refractivity contribution in [1.82, 2.24) is 5.32 Å². The fourth-order valence-electron chi connectivity index (χ4n) is 2.65. The molecule has 0 saturated heterocycles. The molecule has 0 aliphatic rings. The van der Waals surface area contributed by atoms with Gasteiger partial charge in [0.25, 0.3) is 5.91 Å². The number of nitrogens with one attached hydrogen (secondary N) is 3. The van der Waals surface area contributed by atoms with E-state index in [-0.39, 0.29) is 11.5 Å². The molecule has 2 amide bonds. The molecule has 0 saturated carbocycles. The molecular weight excluding hydrogens is 384 g/mol. The number of hydrogen-bond acceptors (Lipinski definition) is 6. The van der Waals surface area contributed by atoms with Crippen LogP contribution in [0.1, 0.15) is 12.5 Å². The summed E-state index contributed by atoms with van der Waals surface area (Å²) in [5, 5.41) is 17.6. The quantitative estimate of drug-likeness (QED) is 0.434. The van der Waals surface area contributed by atoms with Crippen molar-refractivity contribution in [2.45, 2.75) is 13.3 Å². The highest BCUT2D eigenvalue weighted by molar-refractivity contribution is 5.97. The van der Waals surface area contributed by atoms with E-state index in [1.165, 1.54) is 13.1 Å². The Morgan fingerprint density at radius 3 is 2.47 bits per heavy atom. The van der Waals surface area contributed by atoms with Gasteiger partial charge in [0.05, 0.1) is 14.2 Å². The van der Waals surface area contributed by atoms with Gasteiger partial charge in [-0.2, -0.15) is 5.26 Å². The van der Waals surface area contributed by atoms with E-state index in [9.17, 15) is 14.9 Å². The molecule has 8 nitrogen and oxygen atoms in total. The smallest absolute Gasteiger partial charge is 0.263 e. The molecular formula is C22H24N4O4. The zero-order chi connectivity index (χ0) is 21.9. The highest BCUT2D eigenvalue weighted by Crippen LogP contribution is 2.27. The summed E-state index contributed by atoms with van der Waals surface area (Å²) in [6.07, 6.45) is 1.90. The first-order valence-corrected chi connectivity index (χ1v) is 9.20. The number of ether oxygens (including phenoxy) is 2. The maximum absolute atomic E-state index is 12.3. The summed E-state index contributed by atoms with van der Waals surface area (Å²) in [6, 6.07) is 14.3. The van der Waals surface area contributed by atoms with Gasteiger partial charge in [-0.1, -0.05) is 12.1 Å². The van der Waals surface area contributed by atoms with Gasteiger partial charge >= 0.3 is 0 Å². The number of nitrogens with zero attached hydrogens (tertiary/aromatic N) is 1. The van der Waals surface area contributed by atoms with Crippen molar-refractivity contribution in [3.8, 4) is 17.6 Å². The largest absolute Gasteiger partial charge is 0.493 e. The molecule has 2 rings (SSSR count). The molecule has 0 spiro atoms. The van der Waals surface area contributed by atoms with Crippen LogP contribution < -0.4 is 25.4 Å². The molecule has 2 aromatic carbocycles. The van der Waals surface area contributed by atoms with Crippen LogP contribution in [0, 0.1) is 11.3 Å². The number of carbonyl (C=O) groups excluding carboxylic acids is 2. The number of amides is 2. The SMILES string of the molecule is COc1ccc(CCNC(=O)/C(C#N)=C\Nc2cccc(NC(C)=O)c2)cc1OC. The van der Waals surface area contributed by atoms with Gasteiger partial charge in [0.1, 0.15) is 11.6 Å². The minimum Gasteiger partial charge on any atom is -0.493 e. The van der Waals surface area contributed by atoms with Gasteiger partial charge in [-0.3, -0.25) is 9.59 Å². The summed E-state index contributed by atoms with van der Waals surface area (Å²) >= 11 is 0. The molecule has 0 bridgehead atoms. The van der Waals surface area contributed by atoms with Crippen molar-refractivity contribution in [3.63, 3.8) is 0 Å². The lowest BCUT2D eigenvalue weighted by Crippen LogP contribution is -2.27. The molecule has 0 aliphatic carbocycles. The van der Waals surface area contributed by atoms with Gasteiger partial charge in [0.15, 0.2) is 11.5 Å². The fourth-order valence-corrected chi connectivity index (χ4v) is 2.65. The average molecular weight is 408 g/mol. The van der Waals surface area contributed by atoms with Crippen molar-refractivity contribution in [2.24, 2.45) is 0 Å². The van der Waals surface area contributed by atoms with E-state index in [0.717, 1.165) is 5.56 Å². The number of hydrogen-bond donors (Lipinski definition) is 3. The molecule has 0 radical (unpaired) electrons. The van der Waals surface area contributed by atoms with Crippen LogP contribution in [0.25, 0.3) is 0 Å². The van der Waals surface area contributed by atoms with Gasteiger partial charge in [0.2, 0.25) is 5.91 Å². The average Bonchev–Trinajstić information content (AvgIpc) is 2.73. The molecule has 8 heteroatoms. The molecule has 30 heavy (non-hydrogen) atoms. The Morgan fingerprint density at radius 2 is 1.80 bits per heavy atom. The van der Waals surface area contributed by atoms with Gasteiger partial charge in [-0.15, -0.1) is 0 Å². The molecule has 0 aliphatic heterocycles. The van der Waals surface area contributed by atoms with E-state index in [4.69, 9.17) is 9.47 Å². The number of carbonyl (C=O) groups is 2. The molecule has 156 valence electrons. The predicted octanol–water partition coefficient (Wildman–Crippen LogP) is 2.84. The molecule has 0 unspecified atom stereocenters. The summed E-state index contributed by atoms with van der Waals surface area (Å²) in [5.41, 5.74) is 2.14. The van der Waals surface area contributed by atoms with Crippen molar-refractivity contribution < 1.29 is 19.1 Å². The second kappa shape index (κ2) is 11.1. The van der Waals surface area contributed by atoms with Crippen molar-refractivity contribution in [1.29, 1.82) is 5.26 Å². The number of anilines is 2. The van der Waals surface area contributed by atoms with Gasteiger partial charge < -0.3 is 25.4 Å². The lowest BCUT2D eigenvalue weighted by molar-refractivity contribution is -0.117. The summed E-state index contributed by atoms with van der Waals surface area (Å²) in [4.78, 5) is 23.4. The van der Waals surface area contributed by atoms with E-state index in [1.54, 1.807) is 44.6 Å². The van der Waals surface area contributed by atoms with Crippen LogP contribution in [0.15, 0.2) is 54.2 Å². The van der Waals surface area contributed by atoms with Gasteiger partial charge in [0, 0.05) is 31.0 Å². The zero-order valence-corrected chi connectivity index (χ0v) is 17.1. The van der Waals surface area contributed by atoms with Gasteiger partial charge in [-0.05, 0) is 42.3 Å². The van der Waals surface area contributed by atoms with E-state index in [2.05, 4.69) is 16.0 Å². The molecule has 0 heterocycles. The predicted molar refractivity (Wildman–Crippen MR) is 114 cm³/mol. The molecule has 3 N–H and O–H groups in total. The number of nitriles is 1. The van der Waals surface area contributed by atoms with Crippen LogP contribution in [0.3, 0.4) is 0 Å². The Bertz CT molecular complexity index is 979. The minimum atomic E-state index is -0.483. The molecule has 2 aromatic rings. The summed E-state index contributed by atoms with van der Waals surface area (Å²) < 4.78 is 10.5. The maximum Gasteiger partial charge on any atom is 0.263 e. The fraction of sp³-hybridized carbons (Fsp3) is 0.227. The third-order valence-electron chi connectivity index (χ3n) is 4.08. The lowest BCUT2D eigenvalue weighted by atomic mass is 10.1. The minimum absolute atomic E-state index is 0.0627. The zero-order valence-electron chi connectivity index (χ0n) is 17.1. The second-order valence-corrected chi connectivity index (χ2v) is 6.27. The monoisotopic (exact) mass is 408 g/mol. The van der Waals surface area contributed by atoms with Gasteiger partial charge in [-0.25, -0.2) is 0 Å². The van der Waals surface area contributed by atoms with Crippen LogP contribution in [-0.4, -0.2) is 32.6 Å². The summed E-state index contributed by atoms with van der Waals surface area (Å²) in [7, 11) is 3.13. The first-order chi connectivity index (χ1) is 14.5. The second-order valence-electron chi connectivity index (χ2n) is 6.27. The Hall–Kier alpha value is -3.99. The standard InChI is InChI=1S/C22H24N4O4/c1-15(27)26-19-6-4-5-18(12-19)25-14-17(13-23)22(28)24-10-9-16-7-8-20(29-2)21(11-16)30-3/h4-8,11-12,14,25H,9-10H2,1-3H3,(H,24,28)(H,26,27)/b17-14-. The highest BCUT2D eigenvalue weighted by atomic mass is 16.5. The van der Waals surface area contributed by atoms with Crippen LogP contribution in [-0.2, 0) is 16.0 Å². The molecule has 0 atom stereocenters. The Labute approximate surface area is 175 Å². The topological polar surface area (TPSA) is 112 Å². The number of rotatable bonds is 9. The van der Waals surface area contributed by atoms with Crippen molar-refractivity contribution in [3.05, 3.63) is 59.8 Å². The Balaban J connectivity index is 1.93. The first-order valence-electron chi connectivity index (χ1n) is 9.20. The molecule has 0 aromatic heterocycles. The van der Waals surface area contributed by atoms with E-state index in [0.29, 0.717) is 35.8 Å². The Morgan fingerprint density at radius 1 is 1.07 bits per heavy atom. The Kier molecular flexibility index (Phi) is 8.27. The third kappa shape index (κ3) is 6.56. The van der Waals surface area contributed by atoms with E-state index in [1.807, 2.05) is 18.2 Å². The maximum atomic E-state index is 12.3. The van der Waals surface area contributed by atoms with Crippen LogP contribution >= 0.6 is 0 Å². The highest BCUT2D eigenvalue weighted by Gasteiger charge is 2.09. The van der Waals surface area contributed by atoms with E-state index < -0.39 is 5.91 Å². The summed E-state index contributed by atoms with van der Waals surface area (Å²) in [5.74, 6) is 0.580. The normalized spacial score (nSPS) is 10.5. The molecule has 0 fully saturated rings. The van der Waals surface area contributed by atoms with Crippen LogP contribution in [0.2, 0.25) is 0 Å². The number of benzene rings is 2. The van der Waals surface area contributed by atoms with Crippen LogP contribution in [0.4, 0.5) is 11.4 Å². The number of methoxy groups -OCH3 is 2. The van der Waals surface area contributed by atoms with Crippen LogP contribution in [0.5, 0.6) is 11.5 Å². The summed E-state index contributed by atoms with van der Waals surface area (Å²) in [6.45, 7) is 1.77.